The third kappa shape index (κ3) is 6.57. The first-order chi connectivity index (χ1) is 15.3. The molecule has 1 saturated heterocycles. The third-order valence-electron chi connectivity index (χ3n) is 5.59. The van der Waals surface area contributed by atoms with Gasteiger partial charge in [0.2, 0.25) is 5.91 Å². The number of likely N-dealkylation sites (tertiary alicyclic amines) is 1. The van der Waals surface area contributed by atoms with Gasteiger partial charge in [-0.15, -0.1) is 0 Å². The van der Waals surface area contributed by atoms with Crippen LogP contribution in [0, 0.1) is 5.92 Å². The fraction of sp³-hybridized carbons (Fsp3) is 0.400. The van der Waals surface area contributed by atoms with Gasteiger partial charge in [0.05, 0.1) is 0 Å². The van der Waals surface area contributed by atoms with E-state index in [-0.39, 0.29) is 29.7 Å². The van der Waals surface area contributed by atoms with Gasteiger partial charge in [0.1, 0.15) is 6.04 Å². The zero-order valence-electron chi connectivity index (χ0n) is 18.5. The summed E-state index contributed by atoms with van der Waals surface area (Å²) in [4.78, 5) is 40.1. The second kappa shape index (κ2) is 11.1. The van der Waals surface area contributed by atoms with E-state index >= 15 is 0 Å². The zero-order chi connectivity index (χ0) is 23.1. The second-order valence-corrected chi connectivity index (χ2v) is 9.04. The van der Waals surface area contributed by atoms with Crippen LogP contribution in [-0.2, 0) is 4.79 Å². The van der Waals surface area contributed by atoms with Crippen LogP contribution in [0.25, 0.3) is 0 Å². The lowest BCUT2D eigenvalue weighted by Gasteiger charge is -2.35. The molecular formula is C25H30ClN3O3. The molecule has 0 spiro atoms. The fourth-order valence-corrected chi connectivity index (χ4v) is 3.98. The van der Waals surface area contributed by atoms with Crippen LogP contribution in [0.3, 0.4) is 0 Å². The van der Waals surface area contributed by atoms with Gasteiger partial charge in [-0.3, -0.25) is 14.4 Å². The molecule has 2 aromatic rings. The molecule has 7 heteroatoms. The maximum Gasteiger partial charge on any atom is 0.251 e. The van der Waals surface area contributed by atoms with Crippen LogP contribution in [0.5, 0.6) is 0 Å². The fourth-order valence-electron chi connectivity index (χ4n) is 3.86. The summed E-state index contributed by atoms with van der Waals surface area (Å²) in [5.41, 5.74) is 1.10. The number of rotatable bonds is 7. The average Bonchev–Trinajstić information content (AvgIpc) is 2.79. The summed E-state index contributed by atoms with van der Waals surface area (Å²) in [5.74, 6) is -0.208. The van der Waals surface area contributed by atoms with E-state index < -0.39 is 6.04 Å². The minimum Gasteiger partial charge on any atom is -0.349 e. The summed E-state index contributed by atoms with van der Waals surface area (Å²) in [6, 6.07) is 15.2. The van der Waals surface area contributed by atoms with Crippen molar-refractivity contribution < 1.29 is 14.4 Å². The number of hydrogen-bond donors (Lipinski definition) is 2. The summed E-state index contributed by atoms with van der Waals surface area (Å²) in [6.45, 7) is 5.15. The molecule has 0 aromatic heterocycles. The second-order valence-electron chi connectivity index (χ2n) is 8.60. The smallest absolute Gasteiger partial charge is 0.251 e. The Labute approximate surface area is 194 Å². The van der Waals surface area contributed by atoms with Crippen molar-refractivity contribution in [3.63, 3.8) is 0 Å². The van der Waals surface area contributed by atoms with Gasteiger partial charge in [-0.05, 0) is 61.6 Å². The first kappa shape index (κ1) is 23.8. The van der Waals surface area contributed by atoms with Crippen LogP contribution in [0.4, 0.5) is 0 Å². The standard InChI is InChI=1S/C25H30ClN3O3/c1-17(2)16-22(28-24(31)19-8-10-20(26)11-9-19)25(32)29-14-12-21(13-15-29)27-23(30)18-6-4-3-5-7-18/h3-11,17,21-22H,12-16H2,1-2H3,(H,27,30)(H,28,31)/t22-/m0/s1. The van der Waals surface area contributed by atoms with Crippen molar-refractivity contribution in [2.75, 3.05) is 13.1 Å². The number of benzene rings is 2. The zero-order valence-corrected chi connectivity index (χ0v) is 19.3. The Morgan fingerprint density at radius 2 is 1.53 bits per heavy atom. The van der Waals surface area contributed by atoms with Crippen LogP contribution in [-0.4, -0.2) is 47.8 Å². The molecule has 0 radical (unpaired) electrons. The molecule has 0 unspecified atom stereocenters. The minimum absolute atomic E-state index is 0.0268. The molecule has 3 amide bonds. The van der Waals surface area contributed by atoms with E-state index in [1.165, 1.54) is 0 Å². The predicted octanol–water partition coefficient (Wildman–Crippen LogP) is 3.91. The number of carbonyl (C=O) groups is 3. The SMILES string of the molecule is CC(C)C[C@H](NC(=O)c1ccc(Cl)cc1)C(=O)N1CCC(NC(=O)c2ccccc2)CC1. The molecule has 2 aromatic carbocycles. The van der Waals surface area contributed by atoms with Gasteiger partial charge in [-0.1, -0.05) is 43.6 Å². The van der Waals surface area contributed by atoms with E-state index in [0.717, 1.165) is 0 Å². The molecule has 1 fully saturated rings. The van der Waals surface area contributed by atoms with Gasteiger partial charge >= 0.3 is 0 Å². The predicted molar refractivity (Wildman–Crippen MR) is 126 cm³/mol. The van der Waals surface area contributed by atoms with Crippen molar-refractivity contribution in [3.8, 4) is 0 Å². The highest BCUT2D eigenvalue weighted by Crippen LogP contribution is 2.16. The monoisotopic (exact) mass is 455 g/mol. The van der Waals surface area contributed by atoms with Crippen molar-refractivity contribution >= 4 is 29.3 Å². The Morgan fingerprint density at radius 1 is 0.938 bits per heavy atom. The Balaban J connectivity index is 1.57. The summed E-state index contributed by atoms with van der Waals surface area (Å²) in [7, 11) is 0. The molecule has 1 atom stereocenters. The number of hydrogen-bond acceptors (Lipinski definition) is 3. The topological polar surface area (TPSA) is 78.5 Å². The minimum atomic E-state index is -0.589. The lowest BCUT2D eigenvalue weighted by Crippen LogP contribution is -2.53. The quantitative estimate of drug-likeness (QED) is 0.664. The van der Waals surface area contributed by atoms with Crippen LogP contribution in [0.15, 0.2) is 54.6 Å². The van der Waals surface area contributed by atoms with Crippen molar-refractivity contribution in [1.82, 2.24) is 15.5 Å². The molecule has 2 N–H and O–H groups in total. The number of nitrogens with one attached hydrogen (secondary N) is 2. The highest BCUT2D eigenvalue weighted by atomic mass is 35.5. The van der Waals surface area contributed by atoms with Crippen molar-refractivity contribution in [2.24, 2.45) is 5.92 Å². The normalized spacial score (nSPS) is 15.3. The first-order valence-corrected chi connectivity index (χ1v) is 11.4. The lowest BCUT2D eigenvalue weighted by molar-refractivity contribution is -0.134. The van der Waals surface area contributed by atoms with E-state index in [2.05, 4.69) is 10.6 Å². The van der Waals surface area contributed by atoms with Gasteiger partial charge in [-0.25, -0.2) is 0 Å². The molecule has 0 saturated carbocycles. The molecule has 170 valence electrons. The summed E-state index contributed by atoms with van der Waals surface area (Å²) in [6.07, 6.45) is 1.93. The number of nitrogens with zero attached hydrogens (tertiary/aromatic N) is 1. The molecule has 32 heavy (non-hydrogen) atoms. The molecule has 6 nitrogen and oxygen atoms in total. The van der Waals surface area contributed by atoms with Gasteiger partial charge < -0.3 is 15.5 Å². The van der Waals surface area contributed by atoms with Crippen LogP contribution < -0.4 is 10.6 Å². The summed E-state index contributed by atoms with van der Waals surface area (Å²) in [5, 5.41) is 6.51. The number of halogens is 1. The number of carbonyl (C=O) groups excluding carboxylic acids is 3. The average molecular weight is 456 g/mol. The van der Waals surface area contributed by atoms with Crippen LogP contribution >= 0.6 is 11.6 Å². The van der Waals surface area contributed by atoms with Crippen LogP contribution in [0.2, 0.25) is 5.02 Å². The highest BCUT2D eigenvalue weighted by Gasteiger charge is 2.30. The Morgan fingerprint density at radius 3 is 2.12 bits per heavy atom. The maximum atomic E-state index is 13.2. The molecule has 1 aliphatic heterocycles. The van der Waals surface area contributed by atoms with Gasteiger partial charge in [0.15, 0.2) is 0 Å². The van der Waals surface area contributed by atoms with Gasteiger partial charge in [-0.2, -0.15) is 0 Å². The van der Waals surface area contributed by atoms with E-state index in [4.69, 9.17) is 11.6 Å². The Kier molecular flexibility index (Phi) is 8.28. The van der Waals surface area contributed by atoms with E-state index in [1.807, 2.05) is 32.0 Å². The van der Waals surface area contributed by atoms with Crippen molar-refractivity contribution in [3.05, 3.63) is 70.7 Å². The van der Waals surface area contributed by atoms with E-state index in [0.29, 0.717) is 48.5 Å². The van der Waals surface area contributed by atoms with Crippen molar-refractivity contribution in [2.45, 2.75) is 45.2 Å². The summed E-state index contributed by atoms with van der Waals surface area (Å²) >= 11 is 5.90. The molecule has 1 aliphatic rings. The van der Waals surface area contributed by atoms with E-state index in [1.54, 1.807) is 41.3 Å². The van der Waals surface area contributed by atoms with Crippen molar-refractivity contribution in [1.29, 1.82) is 0 Å². The largest absolute Gasteiger partial charge is 0.349 e. The Hall–Kier alpha value is -2.86. The van der Waals surface area contributed by atoms with Crippen LogP contribution in [0.1, 0.15) is 53.8 Å². The van der Waals surface area contributed by atoms with Gasteiger partial charge in [0.25, 0.3) is 11.8 Å². The first-order valence-electron chi connectivity index (χ1n) is 11.0. The summed E-state index contributed by atoms with van der Waals surface area (Å²) < 4.78 is 0. The molecule has 3 rings (SSSR count). The molecular weight excluding hydrogens is 426 g/mol. The van der Waals surface area contributed by atoms with Gasteiger partial charge in [0, 0.05) is 35.3 Å². The number of amides is 3. The highest BCUT2D eigenvalue weighted by molar-refractivity contribution is 6.30. The van der Waals surface area contributed by atoms with E-state index in [9.17, 15) is 14.4 Å². The molecule has 0 bridgehead atoms. The Bertz CT molecular complexity index is 923. The maximum absolute atomic E-state index is 13.2. The molecule has 1 heterocycles. The third-order valence-corrected chi connectivity index (χ3v) is 5.85. The number of piperidine rings is 1. The molecule has 0 aliphatic carbocycles. The lowest BCUT2D eigenvalue weighted by atomic mass is 9.99.